The molecule has 3 aromatic carbocycles. The lowest BCUT2D eigenvalue weighted by atomic mass is 9.95. The van der Waals surface area contributed by atoms with Gasteiger partial charge in [0, 0.05) is 11.5 Å². The zero-order valence-electron chi connectivity index (χ0n) is 17.6. The lowest BCUT2D eigenvalue weighted by Crippen LogP contribution is -2.29. The van der Waals surface area contributed by atoms with Crippen LogP contribution >= 0.6 is 0 Å². The van der Waals surface area contributed by atoms with Crippen molar-refractivity contribution in [2.24, 2.45) is 0 Å². The fourth-order valence-electron chi connectivity index (χ4n) is 3.67. The van der Waals surface area contributed by atoms with Crippen molar-refractivity contribution < 1.29 is 27.4 Å². The molecular weight excluding hydrogens is 417 g/mol. The van der Waals surface area contributed by atoms with Gasteiger partial charge in [-0.25, -0.2) is 8.78 Å². The monoisotopic (exact) mass is 440 g/mol. The zero-order valence-corrected chi connectivity index (χ0v) is 17.6. The topological polar surface area (TPSA) is 27.7 Å². The fraction of sp³-hybridized carbons (Fsp3) is 0.231. The Morgan fingerprint density at radius 2 is 1.56 bits per heavy atom. The summed E-state index contributed by atoms with van der Waals surface area (Å²) in [6.07, 6.45) is 1.18. The summed E-state index contributed by atoms with van der Waals surface area (Å²) in [5.41, 5.74) is 2.61. The van der Waals surface area contributed by atoms with Crippen LogP contribution in [0.1, 0.15) is 18.4 Å². The van der Waals surface area contributed by atoms with Gasteiger partial charge in [-0.1, -0.05) is 49.1 Å². The maximum absolute atomic E-state index is 14.8. The Balaban J connectivity index is 1.55. The van der Waals surface area contributed by atoms with E-state index < -0.39 is 11.6 Å². The molecule has 0 atom stereocenters. The Morgan fingerprint density at radius 1 is 0.906 bits per heavy atom. The molecule has 0 aromatic heterocycles. The van der Waals surface area contributed by atoms with E-state index in [9.17, 15) is 13.2 Å². The minimum atomic E-state index is -1.05. The molecule has 0 N–H and O–H groups in total. The van der Waals surface area contributed by atoms with Crippen LogP contribution in [-0.2, 0) is 9.47 Å². The van der Waals surface area contributed by atoms with Crippen LogP contribution in [0.15, 0.2) is 67.3 Å². The fourth-order valence-corrected chi connectivity index (χ4v) is 3.67. The third kappa shape index (κ3) is 4.56. The van der Waals surface area contributed by atoms with Gasteiger partial charge in [0.1, 0.15) is 12.4 Å². The molecule has 1 fully saturated rings. The number of halogens is 3. The molecule has 1 saturated heterocycles. The molecule has 0 saturated carbocycles. The largest absolute Gasteiger partial charge is 0.486 e. The van der Waals surface area contributed by atoms with Crippen molar-refractivity contribution in [3.8, 4) is 28.0 Å². The summed E-state index contributed by atoms with van der Waals surface area (Å²) < 4.78 is 59.6. The normalized spacial score (nSPS) is 18.4. The van der Waals surface area contributed by atoms with Crippen molar-refractivity contribution >= 4 is 0 Å². The lowest BCUT2D eigenvalue weighted by molar-refractivity contribution is -0.176. The Morgan fingerprint density at radius 3 is 2.22 bits per heavy atom. The van der Waals surface area contributed by atoms with E-state index in [0.29, 0.717) is 29.9 Å². The second-order valence-corrected chi connectivity index (χ2v) is 7.58. The molecule has 4 rings (SSSR count). The van der Waals surface area contributed by atoms with Crippen LogP contribution in [0, 0.1) is 17.5 Å². The summed E-state index contributed by atoms with van der Waals surface area (Å²) in [7, 11) is 0. The highest BCUT2D eigenvalue weighted by Crippen LogP contribution is 2.33. The van der Waals surface area contributed by atoms with E-state index in [1.54, 1.807) is 30.3 Å². The molecule has 1 aliphatic rings. The molecular formula is C26H23F3O3. The van der Waals surface area contributed by atoms with Crippen LogP contribution < -0.4 is 4.74 Å². The molecule has 6 heteroatoms. The van der Waals surface area contributed by atoms with Gasteiger partial charge in [0.05, 0.1) is 13.2 Å². The van der Waals surface area contributed by atoms with E-state index in [-0.39, 0.29) is 35.9 Å². The van der Waals surface area contributed by atoms with Crippen LogP contribution in [0.4, 0.5) is 13.2 Å². The van der Waals surface area contributed by atoms with E-state index in [4.69, 9.17) is 14.2 Å². The van der Waals surface area contributed by atoms with E-state index in [2.05, 4.69) is 6.58 Å². The van der Waals surface area contributed by atoms with Gasteiger partial charge < -0.3 is 14.2 Å². The average molecular weight is 440 g/mol. The van der Waals surface area contributed by atoms with Gasteiger partial charge >= 0.3 is 0 Å². The van der Waals surface area contributed by atoms with Gasteiger partial charge in [-0.05, 0) is 47.4 Å². The quantitative estimate of drug-likeness (QED) is 0.411. The van der Waals surface area contributed by atoms with Crippen molar-refractivity contribution in [3.63, 3.8) is 0 Å². The second kappa shape index (κ2) is 9.59. The Labute approximate surface area is 185 Å². The standard InChI is InChI=1S/C26H23F3O3/c1-3-12-30-24-11-10-22(25(28)26(24)29)18-6-4-17(5-7-18)19-8-9-21(23(27)13-19)20-14-31-16(2)32-15-20/h3-11,13,16,20H,1,12,14-15H2,2H3. The maximum atomic E-state index is 14.8. The van der Waals surface area contributed by atoms with E-state index in [0.717, 1.165) is 5.56 Å². The number of benzene rings is 3. The third-order valence-electron chi connectivity index (χ3n) is 5.44. The minimum absolute atomic E-state index is 0.0830. The molecule has 3 nitrogen and oxygen atoms in total. The van der Waals surface area contributed by atoms with Gasteiger partial charge in [-0.3, -0.25) is 0 Å². The van der Waals surface area contributed by atoms with Crippen molar-refractivity contribution in [3.05, 3.63) is 90.3 Å². The molecule has 0 radical (unpaired) electrons. The molecule has 0 bridgehead atoms. The second-order valence-electron chi connectivity index (χ2n) is 7.58. The molecule has 0 amide bonds. The highest BCUT2D eigenvalue weighted by molar-refractivity contribution is 5.71. The molecule has 3 aromatic rings. The van der Waals surface area contributed by atoms with Crippen molar-refractivity contribution in [1.82, 2.24) is 0 Å². The highest BCUT2D eigenvalue weighted by Gasteiger charge is 2.23. The Kier molecular flexibility index (Phi) is 6.63. The SMILES string of the molecule is C=CCOc1ccc(-c2ccc(-c3ccc(C4COC(C)OC4)c(F)c3)cc2)c(F)c1F. The third-order valence-corrected chi connectivity index (χ3v) is 5.44. The van der Waals surface area contributed by atoms with Crippen LogP contribution in [0.3, 0.4) is 0 Å². The van der Waals surface area contributed by atoms with E-state index >= 15 is 0 Å². The van der Waals surface area contributed by atoms with Crippen LogP contribution in [0.2, 0.25) is 0 Å². The van der Waals surface area contributed by atoms with E-state index in [1.165, 1.54) is 24.3 Å². The van der Waals surface area contributed by atoms with Gasteiger partial charge in [-0.15, -0.1) is 0 Å². The van der Waals surface area contributed by atoms with Crippen LogP contribution in [0.5, 0.6) is 5.75 Å². The highest BCUT2D eigenvalue weighted by atomic mass is 19.2. The first kappa shape index (κ1) is 22.1. The summed E-state index contributed by atoms with van der Waals surface area (Å²) >= 11 is 0. The number of ether oxygens (including phenoxy) is 3. The number of hydrogen-bond donors (Lipinski definition) is 0. The number of hydrogen-bond acceptors (Lipinski definition) is 3. The molecule has 32 heavy (non-hydrogen) atoms. The van der Waals surface area contributed by atoms with Crippen molar-refractivity contribution in [1.29, 1.82) is 0 Å². The zero-order chi connectivity index (χ0) is 22.7. The van der Waals surface area contributed by atoms with Gasteiger partial charge in [0.15, 0.2) is 17.9 Å². The molecule has 0 unspecified atom stereocenters. The van der Waals surface area contributed by atoms with Gasteiger partial charge in [0.25, 0.3) is 0 Å². The molecule has 0 spiro atoms. The van der Waals surface area contributed by atoms with Crippen LogP contribution in [0.25, 0.3) is 22.3 Å². The van der Waals surface area contributed by atoms with E-state index in [1.807, 2.05) is 13.0 Å². The minimum Gasteiger partial charge on any atom is -0.486 e. The molecule has 0 aliphatic carbocycles. The summed E-state index contributed by atoms with van der Waals surface area (Å²) in [6.45, 7) is 6.20. The predicted octanol–water partition coefficient (Wildman–Crippen LogP) is 6.48. The lowest BCUT2D eigenvalue weighted by Gasteiger charge is -2.27. The summed E-state index contributed by atoms with van der Waals surface area (Å²) in [6, 6.07) is 14.7. The van der Waals surface area contributed by atoms with Crippen LogP contribution in [-0.4, -0.2) is 26.1 Å². The van der Waals surface area contributed by atoms with Crippen molar-refractivity contribution in [2.45, 2.75) is 19.1 Å². The van der Waals surface area contributed by atoms with Gasteiger partial charge in [-0.2, -0.15) is 4.39 Å². The molecule has 166 valence electrons. The smallest absolute Gasteiger partial charge is 0.201 e. The summed E-state index contributed by atoms with van der Waals surface area (Å²) in [5.74, 6) is -2.68. The maximum Gasteiger partial charge on any atom is 0.201 e. The van der Waals surface area contributed by atoms with Gasteiger partial charge in [0.2, 0.25) is 5.82 Å². The van der Waals surface area contributed by atoms with Crippen molar-refractivity contribution in [2.75, 3.05) is 19.8 Å². The average Bonchev–Trinajstić information content (AvgIpc) is 2.81. The summed E-state index contributed by atoms with van der Waals surface area (Å²) in [5, 5.41) is 0. The summed E-state index contributed by atoms with van der Waals surface area (Å²) in [4.78, 5) is 0. The number of rotatable bonds is 6. The first-order chi connectivity index (χ1) is 15.5. The molecule has 1 aliphatic heterocycles. The Bertz CT molecular complexity index is 1100. The Hall–Kier alpha value is -3.09. The first-order valence-corrected chi connectivity index (χ1v) is 10.3. The first-order valence-electron chi connectivity index (χ1n) is 10.3. The molecule has 1 heterocycles. The predicted molar refractivity (Wildman–Crippen MR) is 117 cm³/mol.